The predicted octanol–water partition coefficient (Wildman–Crippen LogP) is 6.70. The molecule has 2 aromatic carbocycles. The van der Waals surface area contributed by atoms with Gasteiger partial charge in [-0.2, -0.15) is 0 Å². The maximum Gasteiger partial charge on any atom is 0.263 e. The third kappa shape index (κ3) is 4.76. The maximum atomic E-state index is 14.3. The van der Waals surface area contributed by atoms with Crippen LogP contribution in [0.2, 0.25) is 10.0 Å². The number of carbonyl (C=O) groups excluding carboxylic acids is 2. The van der Waals surface area contributed by atoms with Gasteiger partial charge in [-0.25, -0.2) is 4.99 Å². The number of likely N-dealkylation sites (N-methyl/N-ethyl adjacent to an activating group) is 1. The van der Waals surface area contributed by atoms with Crippen molar-refractivity contribution >= 4 is 51.9 Å². The molecule has 3 aliphatic heterocycles. The van der Waals surface area contributed by atoms with Gasteiger partial charge in [-0.3, -0.25) is 9.59 Å². The van der Waals surface area contributed by atoms with Crippen molar-refractivity contribution in [3.63, 3.8) is 0 Å². The number of likely N-dealkylation sites (tertiary alicyclic amines) is 1. The molecular weight excluding hydrogens is 551 g/mol. The minimum absolute atomic E-state index is 0.0170. The first-order valence-electron chi connectivity index (χ1n) is 13.3. The summed E-state index contributed by atoms with van der Waals surface area (Å²) in [5, 5.41) is 2.13. The van der Waals surface area contributed by atoms with Crippen molar-refractivity contribution in [3.8, 4) is 0 Å². The molecule has 206 valence electrons. The van der Waals surface area contributed by atoms with Gasteiger partial charge in [-0.1, -0.05) is 61.3 Å². The topological polar surface area (TPSA) is 56.2 Å². The molecule has 3 aliphatic rings. The number of hydrogen-bond donors (Lipinski definition) is 0. The van der Waals surface area contributed by atoms with E-state index in [0.29, 0.717) is 21.4 Å². The minimum Gasteiger partial charge on any atom is -0.347 e. The normalized spacial score (nSPS) is 26.4. The third-order valence-electron chi connectivity index (χ3n) is 7.99. The monoisotopic (exact) mass is 584 g/mol. The van der Waals surface area contributed by atoms with Gasteiger partial charge in [0.1, 0.15) is 16.5 Å². The average Bonchev–Trinajstić information content (AvgIpc) is 3.53. The second kappa shape index (κ2) is 10.5. The van der Waals surface area contributed by atoms with E-state index in [9.17, 15) is 9.59 Å². The molecule has 0 unspecified atom stereocenters. The molecule has 0 bridgehead atoms. The number of benzene rings is 2. The Morgan fingerprint density at radius 2 is 1.62 bits per heavy atom. The second-order valence-corrected chi connectivity index (χ2v) is 13.1. The fourth-order valence-electron chi connectivity index (χ4n) is 6.05. The summed E-state index contributed by atoms with van der Waals surface area (Å²) in [6, 6.07) is 15.0. The van der Waals surface area contributed by atoms with E-state index in [4.69, 9.17) is 28.2 Å². The fraction of sp³-hybridized carbons (Fsp3) is 0.433. The van der Waals surface area contributed by atoms with E-state index in [2.05, 4.69) is 25.7 Å². The lowest BCUT2D eigenvalue weighted by Crippen LogP contribution is -2.48. The van der Waals surface area contributed by atoms with E-state index in [1.807, 2.05) is 55.5 Å². The van der Waals surface area contributed by atoms with Crippen LogP contribution in [0.3, 0.4) is 0 Å². The number of amidine groups is 1. The van der Waals surface area contributed by atoms with Crippen LogP contribution in [-0.4, -0.2) is 57.9 Å². The Kier molecular flexibility index (Phi) is 7.55. The van der Waals surface area contributed by atoms with Gasteiger partial charge in [0.15, 0.2) is 5.17 Å². The van der Waals surface area contributed by atoms with Gasteiger partial charge in [-0.05, 0) is 79.8 Å². The summed E-state index contributed by atoms with van der Waals surface area (Å²) in [5.74, 6) is -0.0731. The van der Waals surface area contributed by atoms with Crippen molar-refractivity contribution in [3.05, 3.63) is 80.3 Å². The summed E-state index contributed by atoms with van der Waals surface area (Å²) < 4.78 is 0. The van der Waals surface area contributed by atoms with Gasteiger partial charge in [0, 0.05) is 35.9 Å². The van der Waals surface area contributed by atoms with Gasteiger partial charge in [0.05, 0.1) is 6.04 Å². The first-order chi connectivity index (χ1) is 18.4. The highest BCUT2D eigenvalue weighted by molar-refractivity contribution is 8.18. The van der Waals surface area contributed by atoms with Crippen LogP contribution in [0.4, 0.5) is 0 Å². The molecule has 0 radical (unpaired) electrons. The summed E-state index contributed by atoms with van der Waals surface area (Å²) in [5.41, 5.74) is 2.41. The van der Waals surface area contributed by atoms with Crippen LogP contribution in [0.25, 0.3) is 0 Å². The molecule has 0 aromatic heterocycles. The molecule has 0 spiro atoms. The molecule has 1 fully saturated rings. The Bertz CT molecular complexity index is 1360. The molecule has 6 nitrogen and oxygen atoms in total. The molecule has 3 heterocycles. The zero-order valence-corrected chi connectivity index (χ0v) is 25.4. The van der Waals surface area contributed by atoms with Crippen molar-refractivity contribution in [2.75, 3.05) is 14.1 Å². The van der Waals surface area contributed by atoms with Crippen LogP contribution < -0.4 is 0 Å². The van der Waals surface area contributed by atoms with Gasteiger partial charge in [0.25, 0.3) is 5.91 Å². The lowest BCUT2D eigenvalue weighted by molar-refractivity contribution is -0.141. The van der Waals surface area contributed by atoms with Crippen molar-refractivity contribution < 1.29 is 9.59 Å². The second-order valence-electron chi connectivity index (χ2n) is 11.2. The zero-order chi connectivity index (χ0) is 28.2. The smallest absolute Gasteiger partial charge is 0.263 e. The number of fused-ring (bicyclic) bond motifs is 1. The number of rotatable bonds is 5. The molecule has 5 rings (SSSR count). The number of amides is 2. The number of halogens is 2. The Hall–Kier alpha value is -2.48. The predicted molar refractivity (Wildman–Crippen MR) is 160 cm³/mol. The molecule has 0 saturated carbocycles. The highest BCUT2D eigenvalue weighted by Gasteiger charge is 2.54. The first kappa shape index (κ1) is 28.1. The SMILES string of the molecule is CC(C)C1=C(C(=O)N2[C@H](C)CC[C@@H]2C(=O)N(C)C)SC2=N[C@@](C)(c3ccc(Cl)cc3)[C@@H](c3ccc(Cl)cc3)N21. The summed E-state index contributed by atoms with van der Waals surface area (Å²) in [4.78, 5) is 38.9. The molecule has 39 heavy (non-hydrogen) atoms. The van der Waals surface area contributed by atoms with E-state index in [-0.39, 0.29) is 29.8 Å². The molecule has 2 amide bonds. The van der Waals surface area contributed by atoms with Crippen LogP contribution in [0.15, 0.2) is 64.1 Å². The van der Waals surface area contributed by atoms with E-state index in [0.717, 1.165) is 28.4 Å². The van der Waals surface area contributed by atoms with Crippen LogP contribution in [0, 0.1) is 5.92 Å². The highest BCUT2D eigenvalue weighted by Crippen LogP contribution is 2.56. The molecule has 9 heteroatoms. The Morgan fingerprint density at radius 1 is 1.03 bits per heavy atom. The maximum absolute atomic E-state index is 14.3. The van der Waals surface area contributed by atoms with Gasteiger partial charge < -0.3 is 14.7 Å². The number of hydrogen-bond acceptors (Lipinski definition) is 5. The van der Waals surface area contributed by atoms with Gasteiger partial charge in [0.2, 0.25) is 5.91 Å². The average molecular weight is 586 g/mol. The van der Waals surface area contributed by atoms with Crippen LogP contribution >= 0.6 is 35.0 Å². The Morgan fingerprint density at radius 3 is 2.18 bits per heavy atom. The first-order valence-corrected chi connectivity index (χ1v) is 14.9. The molecular formula is C30H34Cl2N4O2S. The number of thioether (sulfide) groups is 1. The summed E-state index contributed by atoms with van der Waals surface area (Å²) in [7, 11) is 3.49. The lowest BCUT2D eigenvalue weighted by Gasteiger charge is -2.37. The van der Waals surface area contributed by atoms with Crippen LogP contribution in [0.5, 0.6) is 0 Å². The number of nitrogens with zero attached hydrogens (tertiary/aromatic N) is 4. The fourth-order valence-corrected chi connectivity index (χ4v) is 7.65. The number of carbonyl (C=O) groups is 2. The minimum atomic E-state index is -0.625. The summed E-state index contributed by atoms with van der Waals surface area (Å²) in [6.45, 7) is 8.38. The van der Waals surface area contributed by atoms with Crippen LogP contribution in [-0.2, 0) is 15.1 Å². The molecule has 4 atom stereocenters. The molecule has 1 saturated heterocycles. The van der Waals surface area contributed by atoms with Crippen molar-refractivity contribution in [2.24, 2.45) is 10.9 Å². The van der Waals surface area contributed by atoms with Crippen molar-refractivity contribution in [2.45, 2.75) is 64.2 Å². The van der Waals surface area contributed by atoms with E-state index >= 15 is 0 Å². The quantitative estimate of drug-likeness (QED) is 0.392. The third-order valence-corrected chi connectivity index (χ3v) is 9.56. The van der Waals surface area contributed by atoms with Crippen molar-refractivity contribution in [1.29, 1.82) is 0 Å². The van der Waals surface area contributed by atoms with E-state index in [1.54, 1.807) is 23.9 Å². The lowest BCUT2D eigenvalue weighted by atomic mass is 9.81. The van der Waals surface area contributed by atoms with Crippen LogP contribution in [0.1, 0.15) is 57.7 Å². The number of allylic oxidation sites excluding steroid dienone is 1. The molecule has 2 aromatic rings. The molecule has 0 N–H and O–H groups in total. The highest BCUT2D eigenvalue weighted by atomic mass is 35.5. The van der Waals surface area contributed by atoms with Gasteiger partial charge >= 0.3 is 0 Å². The van der Waals surface area contributed by atoms with Gasteiger partial charge in [-0.15, -0.1) is 0 Å². The van der Waals surface area contributed by atoms with E-state index in [1.165, 1.54) is 11.8 Å². The zero-order valence-electron chi connectivity index (χ0n) is 23.1. The standard InChI is InChI=1S/C30H34Cl2N4O2S/c1-17(2)24-25(28(38)35-18(3)7-16-23(35)27(37)34(5)6)39-29-33-30(4,20-10-14-22(32)15-11-20)26(36(24)29)19-8-12-21(31)13-9-19/h8-15,17-18,23,26H,7,16H2,1-6H3/t18-,23-,26-,30+/m1/s1. The summed E-state index contributed by atoms with van der Waals surface area (Å²) in [6.07, 6.45) is 1.48. The van der Waals surface area contributed by atoms with E-state index < -0.39 is 11.6 Å². The van der Waals surface area contributed by atoms with Crippen molar-refractivity contribution in [1.82, 2.24) is 14.7 Å². The Balaban J connectivity index is 1.62. The Labute approximate surface area is 245 Å². The molecule has 0 aliphatic carbocycles. The largest absolute Gasteiger partial charge is 0.347 e. The summed E-state index contributed by atoms with van der Waals surface area (Å²) >= 11 is 13.9. The number of aliphatic imine (C=N–C) groups is 1.